The van der Waals surface area contributed by atoms with Gasteiger partial charge in [0.2, 0.25) is 0 Å². The van der Waals surface area contributed by atoms with E-state index in [1.807, 2.05) is 24.3 Å². The molecular formula is C25H21N5O3. The minimum absolute atomic E-state index is 0.180. The van der Waals surface area contributed by atoms with Gasteiger partial charge in [-0.3, -0.25) is 24.7 Å². The summed E-state index contributed by atoms with van der Waals surface area (Å²) in [5.41, 5.74) is 4.09. The van der Waals surface area contributed by atoms with Gasteiger partial charge in [0.1, 0.15) is 24.7 Å². The van der Waals surface area contributed by atoms with Crippen LogP contribution in [0.2, 0.25) is 0 Å². The molecule has 0 aliphatic carbocycles. The van der Waals surface area contributed by atoms with E-state index in [9.17, 15) is 4.79 Å². The number of aromatic nitrogens is 4. The van der Waals surface area contributed by atoms with Gasteiger partial charge in [-0.15, -0.1) is 0 Å². The van der Waals surface area contributed by atoms with E-state index in [4.69, 9.17) is 9.47 Å². The summed E-state index contributed by atoms with van der Waals surface area (Å²) in [6.07, 6.45) is 12.2. The molecule has 0 fully saturated rings. The number of hydrogen-bond acceptors (Lipinski definition) is 7. The Bertz CT molecular complexity index is 1240. The molecule has 1 aromatic carbocycles. The van der Waals surface area contributed by atoms with Crippen LogP contribution in [0.25, 0.3) is 11.1 Å². The Kier molecular flexibility index (Phi) is 5.88. The van der Waals surface area contributed by atoms with E-state index in [1.165, 1.54) is 0 Å². The lowest BCUT2D eigenvalue weighted by atomic mass is 9.92. The van der Waals surface area contributed by atoms with Crippen LogP contribution in [0.4, 0.5) is 0 Å². The van der Waals surface area contributed by atoms with Crippen molar-refractivity contribution in [2.45, 2.75) is 19.1 Å². The molecule has 1 amide bonds. The number of hydrogen-bond donors (Lipinski definition) is 1. The van der Waals surface area contributed by atoms with Crippen LogP contribution in [0.15, 0.2) is 79.8 Å². The monoisotopic (exact) mass is 439 g/mol. The van der Waals surface area contributed by atoms with Gasteiger partial charge >= 0.3 is 0 Å². The molecule has 33 heavy (non-hydrogen) atoms. The number of nitrogens with zero attached hydrogens (tertiary/aromatic N) is 4. The highest BCUT2D eigenvalue weighted by molar-refractivity contribution is 5.94. The van der Waals surface area contributed by atoms with Crippen LogP contribution in [0.5, 0.6) is 11.5 Å². The lowest BCUT2D eigenvalue weighted by molar-refractivity contribution is 0.0915. The van der Waals surface area contributed by atoms with Crippen molar-refractivity contribution in [2.75, 3.05) is 6.61 Å². The molecule has 4 aromatic rings. The maximum Gasteiger partial charge on any atom is 0.253 e. The average molecular weight is 439 g/mol. The second-order valence-electron chi connectivity index (χ2n) is 7.56. The minimum atomic E-state index is -0.193. The molecule has 0 saturated heterocycles. The van der Waals surface area contributed by atoms with Crippen LogP contribution >= 0.6 is 0 Å². The Morgan fingerprint density at radius 2 is 1.88 bits per heavy atom. The van der Waals surface area contributed by atoms with E-state index in [0.29, 0.717) is 24.3 Å². The fourth-order valence-electron chi connectivity index (χ4n) is 3.81. The SMILES string of the molecule is O=C(N[C@@H]1COc2ccc(OCc3cnccn3)c(-c3ccncc3)c2C1)c1cccnc1. The van der Waals surface area contributed by atoms with Crippen molar-refractivity contribution in [1.29, 1.82) is 0 Å². The van der Waals surface area contributed by atoms with Gasteiger partial charge in [-0.1, -0.05) is 0 Å². The quantitative estimate of drug-likeness (QED) is 0.492. The second kappa shape index (κ2) is 9.44. The fraction of sp³-hybridized carbons (Fsp3) is 0.160. The predicted octanol–water partition coefficient (Wildman–Crippen LogP) is 3.25. The predicted molar refractivity (Wildman–Crippen MR) is 121 cm³/mol. The van der Waals surface area contributed by atoms with Crippen molar-refractivity contribution in [3.63, 3.8) is 0 Å². The van der Waals surface area contributed by atoms with Crippen LogP contribution in [0, 0.1) is 0 Å². The highest BCUT2D eigenvalue weighted by Crippen LogP contribution is 2.41. The molecule has 0 spiro atoms. The highest BCUT2D eigenvalue weighted by Gasteiger charge is 2.27. The molecule has 0 saturated carbocycles. The largest absolute Gasteiger partial charge is 0.491 e. The molecule has 0 unspecified atom stereocenters. The van der Waals surface area contributed by atoms with Crippen LogP contribution in [-0.4, -0.2) is 38.5 Å². The van der Waals surface area contributed by atoms with Crippen LogP contribution in [-0.2, 0) is 13.0 Å². The first-order chi connectivity index (χ1) is 16.3. The number of nitrogens with one attached hydrogen (secondary N) is 1. The summed E-state index contributed by atoms with van der Waals surface area (Å²) in [6, 6.07) is 11.0. The molecule has 164 valence electrons. The van der Waals surface area contributed by atoms with Gasteiger partial charge in [-0.25, -0.2) is 0 Å². The standard InChI is InChI=1S/C25H21N5O3/c31-25(18-2-1-7-27-13-18)30-19-12-21-22(32-15-19)3-4-23(24(21)17-5-8-26-9-6-17)33-16-20-14-28-10-11-29-20/h1-11,13-14,19H,12,15-16H2,(H,30,31)/t19-/m0/s1. The van der Waals surface area contributed by atoms with E-state index in [2.05, 4.69) is 25.3 Å². The van der Waals surface area contributed by atoms with Gasteiger partial charge in [-0.2, -0.15) is 0 Å². The fourth-order valence-corrected chi connectivity index (χ4v) is 3.81. The van der Waals surface area contributed by atoms with Crippen molar-refractivity contribution in [1.82, 2.24) is 25.3 Å². The van der Waals surface area contributed by atoms with E-state index in [1.54, 1.807) is 55.5 Å². The van der Waals surface area contributed by atoms with Crippen LogP contribution in [0.1, 0.15) is 21.6 Å². The molecule has 8 heteroatoms. The molecule has 1 aliphatic heterocycles. The summed E-state index contributed by atoms with van der Waals surface area (Å²) >= 11 is 0. The molecule has 5 rings (SSSR count). The first kappa shape index (κ1) is 20.6. The first-order valence-electron chi connectivity index (χ1n) is 10.6. The van der Waals surface area contributed by atoms with Gasteiger partial charge in [-0.05, 0) is 42.0 Å². The molecular weight excluding hydrogens is 418 g/mol. The first-order valence-corrected chi connectivity index (χ1v) is 10.6. The van der Waals surface area contributed by atoms with Crippen molar-refractivity contribution in [3.05, 3.63) is 96.6 Å². The van der Waals surface area contributed by atoms with Crippen molar-refractivity contribution in [3.8, 4) is 22.6 Å². The Hall–Kier alpha value is -4.33. The van der Waals surface area contributed by atoms with E-state index in [-0.39, 0.29) is 18.6 Å². The minimum Gasteiger partial charge on any atom is -0.491 e. The summed E-state index contributed by atoms with van der Waals surface area (Å²) in [5.74, 6) is 1.30. The average Bonchev–Trinajstić information content (AvgIpc) is 2.88. The maximum absolute atomic E-state index is 12.7. The highest BCUT2D eigenvalue weighted by atomic mass is 16.5. The van der Waals surface area contributed by atoms with Crippen LogP contribution < -0.4 is 14.8 Å². The van der Waals surface area contributed by atoms with Gasteiger partial charge in [0, 0.05) is 54.7 Å². The second-order valence-corrected chi connectivity index (χ2v) is 7.56. The smallest absolute Gasteiger partial charge is 0.253 e. The number of carbonyl (C=O) groups is 1. The summed E-state index contributed by atoms with van der Waals surface area (Å²) < 4.78 is 12.2. The molecule has 1 aliphatic rings. The lowest BCUT2D eigenvalue weighted by Crippen LogP contribution is -2.42. The third kappa shape index (κ3) is 4.64. The van der Waals surface area contributed by atoms with Crippen molar-refractivity contribution < 1.29 is 14.3 Å². The van der Waals surface area contributed by atoms with Gasteiger partial charge in [0.25, 0.3) is 5.91 Å². The number of pyridine rings is 2. The van der Waals surface area contributed by atoms with Gasteiger partial charge in [0.05, 0.1) is 23.5 Å². The molecule has 1 N–H and O–H groups in total. The summed E-state index contributed by atoms with van der Waals surface area (Å²) in [4.78, 5) is 29.2. The Morgan fingerprint density at radius 1 is 1.00 bits per heavy atom. The molecule has 0 bridgehead atoms. The van der Waals surface area contributed by atoms with Crippen molar-refractivity contribution in [2.24, 2.45) is 0 Å². The topological polar surface area (TPSA) is 99.1 Å². The zero-order valence-electron chi connectivity index (χ0n) is 17.7. The molecule has 1 atom stereocenters. The number of ether oxygens (including phenoxy) is 2. The zero-order chi connectivity index (χ0) is 22.5. The summed E-state index contributed by atoms with van der Waals surface area (Å²) in [5, 5.41) is 3.06. The molecule has 0 radical (unpaired) electrons. The normalized spacial score (nSPS) is 14.6. The number of rotatable bonds is 6. The number of benzene rings is 1. The maximum atomic E-state index is 12.7. The number of amides is 1. The van der Waals surface area contributed by atoms with E-state index < -0.39 is 0 Å². The van der Waals surface area contributed by atoms with Crippen molar-refractivity contribution >= 4 is 5.91 Å². The number of carbonyl (C=O) groups excluding carboxylic acids is 1. The Balaban J connectivity index is 1.44. The number of fused-ring (bicyclic) bond motifs is 1. The third-order valence-electron chi connectivity index (χ3n) is 5.34. The summed E-state index contributed by atoms with van der Waals surface area (Å²) in [7, 11) is 0. The van der Waals surface area contributed by atoms with E-state index in [0.717, 1.165) is 28.1 Å². The van der Waals surface area contributed by atoms with Crippen LogP contribution in [0.3, 0.4) is 0 Å². The van der Waals surface area contributed by atoms with Gasteiger partial charge in [0.15, 0.2) is 0 Å². The van der Waals surface area contributed by atoms with Gasteiger partial charge < -0.3 is 14.8 Å². The zero-order valence-corrected chi connectivity index (χ0v) is 17.7. The molecule has 8 nitrogen and oxygen atoms in total. The lowest BCUT2D eigenvalue weighted by Gasteiger charge is -2.29. The third-order valence-corrected chi connectivity index (χ3v) is 5.34. The Labute approximate surface area is 190 Å². The van der Waals surface area contributed by atoms with E-state index >= 15 is 0 Å². The molecule has 4 heterocycles. The Morgan fingerprint density at radius 3 is 2.67 bits per heavy atom. The summed E-state index contributed by atoms with van der Waals surface area (Å²) in [6.45, 7) is 0.668. The molecule has 3 aromatic heterocycles.